The molecule has 0 spiro atoms. The first-order chi connectivity index (χ1) is 14.5. The van der Waals surface area contributed by atoms with E-state index in [1.54, 1.807) is 27.7 Å². The first-order valence-electron chi connectivity index (χ1n) is 10.5. The quantitative estimate of drug-likeness (QED) is 0.269. The van der Waals surface area contributed by atoms with Crippen molar-refractivity contribution in [3.8, 4) is 0 Å². The molecular weight excluding hydrogens is 460 g/mol. The van der Waals surface area contributed by atoms with Crippen molar-refractivity contribution in [2.45, 2.75) is 78.0 Å². The van der Waals surface area contributed by atoms with Crippen LogP contribution in [0.15, 0.2) is 12.2 Å². The van der Waals surface area contributed by atoms with Crippen LogP contribution in [0.25, 0.3) is 0 Å². The molecule has 0 bridgehead atoms. The van der Waals surface area contributed by atoms with Gasteiger partial charge in [-0.3, -0.25) is 0 Å². The van der Waals surface area contributed by atoms with E-state index in [2.05, 4.69) is 9.44 Å². The van der Waals surface area contributed by atoms with Crippen LogP contribution in [0.2, 0.25) is 0 Å². The molecule has 2 N–H and O–H groups in total. The van der Waals surface area contributed by atoms with Gasteiger partial charge >= 0.3 is 11.9 Å². The highest BCUT2D eigenvalue weighted by Gasteiger charge is 2.25. The normalized spacial score (nSPS) is 15.0. The summed E-state index contributed by atoms with van der Waals surface area (Å²) < 4.78 is 63.2. The Morgan fingerprint density at radius 3 is 1.16 bits per heavy atom. The maximum atomic E-state index is 12.0. The number of rotatable bonds is 14. The van der Waals surface area contributed by atoms with Crippen molar-refractivity contribution in [1.29, 1.82) is 0 Å². The van der Waals surface area contributed by atoms with Crippen molar-refractivity contribution in [1.82, 2.24) is 9.44 Å². The third-order valence-corrected chi connectivity index (χ3v) is 8.39. The van der Waals surface area contributed by atoms with Gasteiger partial charge in [-0.2, -0.15) is 0 Å². The van der Waals surface area contributed by atoms with Gasteiger partial charge in [0.1, 0.15) is 13.2 Å². The zero-order valence-corrected chi connectivity index (χ0v) is 21.7. The number of carbonyl (C=O) groups is 2. The second-order valence-corrected chi connectivity index (χ2v) is 13.3. The summed E-state index contributed by atoms with van der Waals surface area (Å²) in [7, 11) is -7.08. The maximum Gasteiger partial charge on any atom is 0.331 e. The van der Waals surface area contributed by atoms with Gasteiger partial charge in [0.05, 0.1) is 22.6 Å². The molecular formula is C20H38N2O8S2. The summed E-state index contributed by atoms with van der Waals surface area (Å²) in [5, 5.41) is -1.26. The molecule has 0 aromatic heterocycles. The summed E-state index contributed by atoms with van der Waals surface area (Å²) in [4.78, 5) is 23.8. The Labute approximate surface area is 192 Å². The number of sulfonamides is 2. The van der Waals surface area contributed by atoms with Crippen molar-refractivity contribution in [2.75, 3.05) is 13.2 Å². The number of nitrogens with one attached hydrogen (secondary N) is 2. The van der Waals surface area contributed by atoms with Crippen molar-refractivity contribution >= 4 is 32.0 Å². The van der Waals surface area contributed by atoms with Crippen LogP contribution < -0.4 is 9.44 Å². The number of carbonyl (C=O) groups excluding carboxylic acids is 2. The van der Waals surface area contributed by atoms with Gasteiger partial charge < -0.3 is 9.47 Å². The van der Waals surface area contributed by atoms with E-state index in [0.29, 0.717) is 0 Å². The minimum absolute atomic E-state index is 0.132. The Balaban J connectivity index is 4.78. The second kappa shape index (κ2) is 13.3. The second-order valence-electron chi connectivity index (χ2n) is 8.72. The van der Waals surface area contributed by atoms with Gasteiger partial charge in [-0.25, -0.2) is 35.9 Å². The lowest BCUT2D eigenvalue weighted by molar-refractivity contribution is -0.141. The largest absolute Gasteiger partial charge is 0.461 e. The predicted octanol–water partition coefficient (Wildman–Crippen LogP) is 1.33. The number of hydrogen-bond donors (Lipinski definition) is 2. The summed E-state index contributed by atoms with van der Waals surface area (Å²) in [5.41, 5.74) is 0. The molecule has 0 aromatic carbocycles. The third-order valence-electron chi connectivity index (χ3n) is 4.65. The fourth-order valence-electron chi connectivity index (χ4n) is 2.00. The van der Waals surface area contributed by atoms with Gasteiger partial charge in [0.2, 0.25) is 20.0 Å². The number of hydrogen-bond acceptors (Lipinski definition) is 8. The lowest BCUT2D eigenvalue weighted by Gasteiger charge is -2.23. The van der Waals surface area contributed by atoms with Crippen molar-refractivity contribution < 1.29 is 35.9 Å². The van der Waals surface area contributed by atoms with E-state index >= 15 is 0 Å². The van der Waals surface area contributed by atoms with Crippen LogP contribution in [0.4, 0.5) is 0 Å². The molecule has 188 valence electrons. The Hall–Kier alpha value is -1.50. The van der Waals surface area contributed by atoms with E-state index in [1.807, 2.05) is 0 Å². The lowest BCUT2D eigenvalue weighted by atomic mass is 10.1. The molecule has 0 rings (SSSR count). The van der Waals surface area contributed by atoms with E-state index in [4.69, 9.17) is 9.47 Å². The van der Waals surface area contributed by atoms with E-state index < -0.39 is 54.6 Å². The van der Waals surface area contributed by atoms with Crippen LogP contribution in [-0.4, -0.2) is 64.6 Å². The molecule has 0 saturated carbocycles. The third kappa shape index (κ3) is 11.4. The SMILES string of the molecule is CC(C)[C@@H](COC(=O)/C=C/C(=O)OC[C@@H](NS(=O)(=O)C(C)C)C(C)C)NS(=O)(=O)C(C)C. The summed E-state index contributed by atoms with van der Waals surface area (Å²) in [5.74, 6) is -1.93. The van der Waals surface area contributed by atoms with E-state index in [1.165, 1.54) is 27.7 Å². The van der Waals surface area contributed by atoms with Gasteiger partial charge in [0, 0.05) is 12.2 Å². The highest BCUT2D eigenvalue weighted by atomic mass is 32.2. The first-order valence-corrected chi connectivity index (χ1v) is 13.6. The van der Waals surface area contributed by atoms with Crippen LogP contribution in [0.1, 0.15) is 55.4 Å². The average molecular weight is 499 g/mol. The molecule has 10 nitrogen and oxygen atoms in total. The van der Waals surface area contributed by atoms with E-state index in [0.717, 1.165) is 12.2 Å². The smallest absolute Gasteiger partial charge is 0.331 e. The zero-order chi connectivity index (χ0) is 25.3. The summed E-state index contributed by atoms with van der Waals surface area (Å²) in [6, 6.07) is -1.24. The molecule has 0 saturated heterocycles. The minimum Gasteiger partial charge on any atom is -0.461 e. The molecule has 12 heteroatoms. The van der Waals surface area contributed by atoms with Crippen LogP contribution >= 0.6 is 0 Å². The van der Waals surface area contributed by atoms with Gasteiger partial charge in [0.25, 0.3) is 0 Å². The number of ether oxygens (including phenoxy) is 2. The van der Waals surface area contributed by atoms with Crippen LogP contribution in [0, 0.1) is 11.8 Å². The summed E-state index contributed by atoms with van der Waals surface area (Å²) >= 11 is 0. The Kier molecular flexibility index (Phi) is 12.6. The van der Waals surface area contributed by atoms with Crippen molar-refractivity contribution in [2.24, 2.45) is 11.8 Å². The zero-order valence-electron chi connectivity index (χ0n) is 20.1. The molecule has 0 aliphatic heterocycles. The molecule has 2 atom stereocenters. The van der Waals surface area contributed by atoms with Crippen LogP contribution in [0.3, 0.4) is 0 Å². The van der Waals surface area contributed by atoms with Crippen molar-refractivity contribution in [3.05, 3.63) is 12.2 Å². The molecule has 0 fully saturated rings. The number of esters is 2. The molecule has 0 amide bonds. The fraction of sp³-hybridized carbons (Fsp3) is 0.800. The fourth-order valence-corrected chi connectivity index (χ4v) is 4.06. The molecule has 0 aromatic rings. The highest BCUT2D eigenvalue weighted by molar-refractivity contribution is 7.90. The molecule has 0 aliphatic carbocycles. The molecule has 0 unspecified atom stereocenters. The highest BCUT2D eigenvalue weighted by Crippen LogP contribution is 2.09. The van der Waals surface area contributed by atoms with Gasteiger partial charge in [-0.05, 0) is 39.5 Å². The Morgan fingerprint density at radius 1 is 0.656 bits per heavy atom. The average Bonchev–Trinajstić information content (AvgIpc) is 2.65. The van der Waals surface area contributed by atoms with E-state index in [-0.39, 0.29) is 25.0 Å². The maximum absolute atomic E-state index is 12.0. The molecule has 0 radical (unpaired) electrons. The van der Waals surface area contributed by atoms with Gasteiger partial charge in [0.15, 0.2) is 0 Å². The summed E-state index contributed by atoms with van der Waals surface area (Å²) in [6.45, 7) is 12.9. The monoisotopic (exact) mass is 498 g/mol. The van der Waals surface area contributed by atoms with Crippen molar-refractivity contribution in [3.63, 3.8) is 0 Å². The predicted molar refractivity (Wildman–Crippen MR) is 123 cm³/mol. The summed E-state index contributed by atoms with van der Waals surface area (Å²) in [6.07, 6.45) is 1.75. The van der Waals surface area contributed by atoms with Gasteiger partial charge in [-0.1, -0.05) is 27.7 Å². The molecule has 32 heavy (non-hydrogen) atoms. The molecule has 0 heterocycles. The minimum atomic E-state index is -3.54. The first kappa shape index (κ1) is 30.5. The van der Waals surface area contributed by atoms with Gasteiger partial charge in [-0.15, -0.1) is 0 Å². The molecule has 0 aliphatic rings. The van der Waals surface area contributed by atoms with E-state index in [9.17, 15) is 26.4 Å². The standard InChI is InChI=1S/C20H38N2O8S2/c1-13(2)17(21-31(25,26)15(5)6)11-29-19(23)9-10-20(24)30-12-18(14(3)4)22-32(27,28)16(7)8/h9-10,13-18,21-22H,11-12H2,1-8H3/b10-9+/t17-,18-/m1/s1. The Morgan fingerprint density at radius 2 is 0.938 bits per heavy atom. The van der Waals surface area contributed by atoms with Crippen LogP contribution in [-0.2, 0) is 39.1 Å². The Bertz CT molecular complexity index is 777. The van der Waals surface area contributed by atoms with Crippen LogP contribution in [0.5, 0.6) is 0 Å². The topological polar surface area (TPSA) is 145 Å². The lowest BCUT2D eigenvalue weighted by Crippen LogP contribution is -2.45.